The molecule has 0 aromatic carbocycles. The Bertz CT molecular complexity index is 105. The van der Waals surface area contributed by atoms with Gasteiger partial charge in [0.2, 0.25) is 0 Å². The van der Waals surface area contributed by atoms with Gasteiger partial charge in [-0.3, -0.25) is 6.42 Å². The zero-order valence-electron chi connectivity index (χ0n) is 6.41. The van der Waals surface area contributed by atoms with Gasteiger partial charge in [0.15, 0.2) is 0 Å². The van der Waals surface area contributed by atoms with E-state index in [0.717, 1.165) is 12.5 Å². The Balaban J connectivity index is -0.000000320. The molecule has 0 atom stereocenters. The van der Waals surface area contributed by atoms with E-state index in [9.17, 15) is 4.79 Å². The molecule has 0 saturated heterocycles. The van der Waals surface area contributed by atoms with Crippen molar-refractivity contribution in [2.75, 3.05) is 6.61 Å². The quantitative estimate of drug-likeness (QED) is 0.255. The average Bonchev–Trinajstić information content (AvgIpc) is 1.89. The largest absolute Gasteiger partial charge is 0.495 e. The minimum absolute atomic E-state index is 0. The Morgan fingerprint density at radius 2 is 2.18 bits per heavy atom. The summed E-state index contributed by atoms with van der Waals surface area (Å²) in [6, 6.07) is 0. The summed E-state index contributed by atoms with van der Waals surface area (Å²) in [4.78, 5) is 10.3. The van der Waals surface area contributed by atoms with Gasteiger partial charge in [-0.2, -0.15) is 6.42 Å². The van der Waals surface area contributed by atoms with Gasteiger partial charge in [-0.15, -0.1) is 0 Å². The third-order valence-electron chi connectivity index (χ3n) is 0.799. The van der Waals surface area contributed by atoms with Gasteiger partial charge in [-0.1, -0.05) is 13.5 Å². The molecule has 0 fully saturated rings. The van der Waals surface area contributed by atoms with E-state index < -0.39 is 0 Å². The van der Waals surface area contributed by atoms with E-state index in [-0.39, 0.29) is 48.1 Å². The molecule has 0 aliphatic rings. The molecule has 2 nitrogen and oxygen atoms in total. The number of hydrogen-bond acceptors (Lipinski definition) is 2. The van der Waals surface area contributed by atoms with Crippen LogP contribution in [0, 0.1) is 6.42 Å². The number of hydrogen-bond donors (Lipinski definition) is 0. The molecule has 0 radical (unpaired) electrons. The molecular formula is C7H11O2W2-. The topological polar surface area (TPSA) is 26.3 Å². The van der Waals surface area contributed by atoms with Crippen molar-refractivity contribution in [1.82, 2.24) is 0 Å². The summed E-state index contributed by atoms with van der Waals surface area (Å²) in [5.74, 6) is -0.361. The number of carbonyl (C=O) groups excluding carboxylic acids is 1. The summed E-state index contributed by atoms with van der Waals surface area (Å²) < 4.78 is 4.62. The number of unbranched alkanes of at least 4 members (excludes halogenated alkanes) is 1. The summed E-state index contributed by atoms with van der Waals surface area (Å²) in [5, 5.41) is 0. The van der Waals surface area contributed by atoms with E-state index in [1.54, 1.807) is 0 Å². The Morgan fingerprint density at radius 1 is 1.64 bits per heavy atom. The molecular weight excluding hydrogens is 484 g/mol. The van der Waals surface area contributed by atoms with E-state index in [0.29, 0.717) is 6.61 Å². The van der Waals surface area contributed by atoms with Gasteiger partial charge in [0.25, 0.3) is 0 Å². The van der Waals surface area contributed by atoms with Crippen LogP contribution in [0.4, 0.5) is 0 Å². The van der Waals surface area contributed by atoms with Crippen LogP contribution in [0.15, 0.2) is 12.7 Å². The van der Waals surface area contributed by atoms with E-state index in [1.807, 2.05) is 13.3 Å². The number of carbonyl (C=O) groups is 1. The minimum Gasteiger partial charge on any atom is -0.495 e. The van der Waals surface area contributed by atoms with Gasteiger partial charge in [-0.05, 0) is 6.61 Å². The second-order valence-electron chi connectivity index (χ2n) is 1.53. The maximum Gasteiger partial charge on any atom is 0.327 e. The molecule has 0 heterocycles. The van der Waals surface area contributed by atoms with Crippen molar-refractivity contribution in [2.24, 2.45) is 0 Å². The van der Waals surface area contributed by atoms with Crippen molar-refractivity contribution in [1.29, 1.82) is 0 Å². The fourth-order valence-electron chi connectivity index (χ4n) is 0.318. The van der Waals surface area contributed by atoms with Crippen LogP contribution in [-0.2, 0) is 51.7 Å². The molecule has 0 N–H and O–H groups in total. The van der Waals surface area contributed by atoms with Gasteiger partial charge in [-0.25, -0.2) is 4.79 Å². The smallest absolute Gasteiger partial charge is 0.327 e. The first-order chi connectivity index (χ1) is 4.31. The third-order valence-corrected chi connectivity index (χ3v) is 0.799. The van der Waals surface area contributed by atoms with E-state index in [1.165, 1.54) is 0 Å². The monoisotopic (exact) mass is 495 g/mol. The Kier molecular flexibility index (Phi) is 21.1. The molecule has 64 valence electrons. The zero-order valence-corrected chi connectivity index (χ0v) is 12.3. The maximum atomic E-state index is 10.3. The molecule has 0 amide bonds. The van der Waals surface area contributed by atoms with Crippen LogP contribution >= 0.6 is 0 Å². The SMILES string of the molecule is C=CC(=O)OC[CH-]CC.[W].[W]. The average molecular weight is 495 g/mol. The van der Waals surface area contributed by atoms with E-state index in [2.05, 4.69) is 11.3 Å². The molecule has 0 saturated carbocycles. The summed E-state index contributed by atoms with van der Waals surface area (Å²) >= 11 is 0. The third kappa shape index (κ3) is 13.6. The van der Waals surface area contributed by atoms with Crippen LogP contribution in [0.2, 0.25) is 0 Å². The summed E-state index contributed by atoms with van der Waals surface area (Å²) in [6.07, 6.45) is 3.95. The first kappa shape index (κ1) is 17.6. The van der Waals surface area contributed by atoms with Gasteiger partial charge in [0.05, 0.1) is 0 Å². The van der Waals surface area contributed by atoms with Crippen molar-refractivity contribution in [2.45, 2.75) is 13.3 Å². The molecule has 0 unspecified atom stereocenters. The van der Waals surface area contributed by atoms with Crippen LogP contribution in [0.3, 0.4) is 0 Å². The molecule has 0 aliphatic carbocycles. The number of ether oxygens (including phenoxy) is 1. The predicted molar refractivity (Wildman–Crippen MR) is 35.7 cm³/mol. The normalized spacial score (nSPS) is 7.00. The Morgan fingerprint density at radius 3 is 2.55 bits per heavy atom. The molecule has 0 spiro atoms. The van der Waals surface area contributed by atoms with Crippen LogP contribution in [0.25, 0.3) is 0 Å². The molecule has 4 heteroatoms. The minimum atomic E-state index is -0.361. The first-order valence-corrected chi connectivity index (χ1v) is 2.92. The molecule has 0 aromatic rings. The standard InChI is InChI=1S/C7H11O2.2W/c1-3-5-6-9-7(8)4-2;;/h4-5H,2-3,6H2,1H3;;/q-1;;. The van der Waals surface area contributed by atoms with Crippen molar-refractivity contribution < 1.29 is 51.7 Å². The Labute approximate surface area is 96.3 Å². The van der Waals surface area contributed by atoms with Gasteiger partial charge >= 0.3 is 5.97 Å². The van der Waals surface area contributed by atoms with Crippen molar-refractivity contribution in [3.63, 3.8) is 0 Å². The second kappa shape index (κ2) is 13.2. The number of esters is 1. The second-order valence-corrected chi connectivity index (χ2v) is 1.53. The van der Waals surface area contributed by atoms with Gasteiger partial charge in [0.1, 0.15) is 0 Å². The fraction of sp³-hybridized carbons (Fsp3) is 0.429. The van der Waals surface area contributed by atoms with E-state index >= 15 is 0 Å². The molecule has 0 bridgehead atoms. The van der Waals surface area contributed by atoms with Crippen molar-refractivity contribution in [3.8, 4) is 0 Å². The molecule has 11 heavy (non-hydrogen) atoms. The van der Waals surface area contributed by atoms with Crippen LogP contribution in [0.1, 0.15) is 13.3 Å². The van der Waals surface area contributed by atoms with Crippen molar-refractivity contribution in [3.05, 3.63) is 19.1 Å². The van der Waals surface area contributed by atoms with E-state index in [4.69, 9.17) is 0 Å². The van der Waals surface area contributed by atoms with Gasteiger partial charge in [0, 0.05) is 48.2 Å². The van der Waals surface area contributed by atoms with Crippen LogP contribution in [0.5, 0.6) is 0 Å². The summed E-state index contributed by atoms with van der Waals surface area (Å²) in [5.41, 5.74) is 0. The van der Waals surface area contributed by atoms with Crippen LogP contribution in [-0.4, -0.2) is 12.6 Å². The van der Waals surface area contributed by atoms with Crippen molar-refractivity contribution >= 4 is 5.97 Å². The fourth-order valence-corrected chi connectivity index (χ4v) is 0.318. The molecule has 0 rings (SSSR count). The first-order valence-electron chi connectivity index (χ1n) is 2.92. The summed E-state index contributed by atoms with van der Waals surface area (Å²) in [6.45, 7) is 5.63. The predicted octanol–water partition coefficient (Wildman–Crippen LogP) is 1.32. The summed E-state index contributed by atoms with van der Waals surface area (Å²) in [7, 11) is 0. The molecule has 0 aliphatic heterocycles. The maximum absolute atomic E-state index is 10.3. The van der Waals surface area contributed by atoms with Crippen LogP contribution < -0.4 is 0 Å². The Hall–Kier alpha value is 0.587. The zero-order chi connectivity index (χ0) is 7.11. The molecule has 0 aromatic heterocycles. The number of rotatable bonds is 4. The van der Waals surface area contributed by atoms with Gasteiger partial charge < -0.3 is 4.74 Å².